The molecule has 2 amide bonds. The van der Waals surface area contributed by atoms with Crippen LogP contribution in [0.5, 0.6) is 0 Å². The van der Waals surface area contributed by atoms with Gasteiger partial charge in [0.25, 0.3) is 11.8 Å². The Labute approximate surface area is 235 Å². The van der Waals surface area contributed by atoms with Crippen molar-refractivity contribution in [3.05, 3.63) is 0 Å². The van der Waals surface area contributed by atoms with Crippen LogP contribution in [-0.4, -0.2) is 72.2 Å². The second kappa shape index (κ2) is 16.8. The summed E-state index contributed by atoms with van der Waals surface area (Å²) in [5, 5.41) is 5.70. The zero-order valence-electron chi connectivity index (χ0n) is 24.0. The van der Waals surface area contributed by atoms with Gasteiger partial charge in [-0.25, -0.2) is 0 Å². The Morgan fingerprint density at radius 1 is 0.475 bits per heavy atom. The van der Waals surface area contributed by atoms with Crippen LogP contribution in [0.3, 0.4) is 0 Å². The Morgan fingerprint density at radius 2 is 0.750 bits per heavy atom. The minimum Gasteiger partial charge on any atom is -0.454 e. The molecular formula is C28H44N2O10. The Bertz CT molecular complexity index is 820. The molecule has 0 aromatic carbocycles. The summed E-state index contributed by atoms with van der Waals surface area (Å²) in [6, 6.07) is -0.415. The van der Waals surface area contributed by atoms with Crippen LogP contribution in [0, 0.1) is 0 Å². The second-order valence-electron chi connectivity index (χ2n) is 10.6. The molecule has 0 saturated heterocycles. The predicted octanol–water partition coefficient (Wildman–Crippen LogP) is 2.39. The number of carbonyl (C=O) groups excluding carboxylic acids is 6. The van der Waals surface area contributed by atoms with E-state index in [0.29, 0.717) is 25.7 Å². The third-order valence-corrected chi connectivity index (χ3v) is 7.03. The minimum absolute atomic E-state index is 0.207. The molecule has 40 heavy (non-hydrogen) atoms. The maximum atomic E-state index is 13.5. The van der Waals surface area contributed by atoms with Crippen LogP contribution < -0.4 is 10.6 Å². The van der Waals surface area contributed by atoms with E-state index in [4.69, 9.17) is 18.9 Å². The van der Waals surface area contributed by atoms with E-state index >= 15 is 0 Å². The summed E-state index contributed by atoms with van der Waals surface area (Å²) in [4.78, 5) is 75.7. The van der Waals surface area contributed by atoms with Gasteiger partial charge in [-0.3, -0.25) is 28.8 Å². The van der Waals surface area contributed by atoms with Crippen LogP contribution in [0.2, 0.25) is 0 Å². The normalized spacial score (nSPS) is 19.8. The number of nitrogens with one attached hydrogen (secondary N) is 2. The van der Waals surface area contributed by atoms with Crippen molar-refractivity contribution in [2.45, 2.75) is 141 Å². The topological polar surface area (TPSA) is 163 Å². The maximum absolute atomic E-state index is 13.5. The minimum atomic E-state index is -1.79. The van der Waals surface area contributed by atoms with Gasteiger partial charge in [0.15, 0.2) is 12.2 Å². The monoisotopic (exact) mass is 568 g/mol. The maximum Gasteiger partial charge on any atom is 0.303 e. The Morgan fingerprint density at radius 3 is 1.00 bits per heavy atom. The van der Waals surface area contributed by atoms with E-state index < -0.39 is 60.1 Å². The summed E-state index contributed by atoms with van der Waals surface area (Å²) in [5.74, 6) is -5.09. The molecule has 12 heteroatoms. The molecule has 2 fully saturated rings. The molecule has 0 aromatic rings. The quantitative estimate of drug-likeness (QED) is 0.215. The molecule has 2 aliphatic rings. The summed E-state index contributed by atoms with van der Waals surface area (Å²) in [6.45, 7) is 4.25. The van der Waals surface area contributed by atoms with E-state index in [1.165, 1.54) is 0 Å². The van der Waals surface area contributed by atoms with Crippen molar-refractivity contribution >= 4 is 35.7 Å². The lowest BCUT2D eigenvalue weighted by Crippen LogP contribution is -2.60. The van der Waals surface area contributed by atoms with Gasteiger partial charge in [-0.15, -0.1) is 0 Å². The molecule has 0 unspecified atom stereocenters. The molecule has 226 valence electrons. The van der Waals surface area contributed by atoms with Gasteiger partial charge in [0.05, 0.1) is 0 Å². The number of hydrogen-bond donors (Lipinski definition) is 2. The number of rotatable bonds is 11. The fourth-order valence-corrected chi connectivity index (χ4v) is 5.30. The van der Waals surface area contributed by atoms with E-state index in [-0.39, 0.29) is 12.1 Å². The Hall–Kier alpha value is -3.18. The van der Waals surface area contributed by atoms with Crippen LogP contribution in [0.15, 0.2) is 0 Å². The molecule has 0 spiro atoms. The molecule has 2 saturated carbocycles. The first-order chi connectivity index (χ1) is 19.0. The van der Waals surface area contributed by atoms with Crippen LogP contribution in [0.25, 0.3) is 0 Å². The summed E-state index contributed by atoms with van der Waals surface area (Å²) in [5.41, 5.74) is 0. The first-order valence-electron chi connectivity index (χ1n) is 14.3. The van der Waals surface area contributed by atoms with E-state index in [1.54, 1.807) is 0 Å². The lowest BCUT2D eigenvalue weighted by Gasteiger charge is -2.35. The molecule has 0 aromatic heterocycles. The third kappa shape index (κ3) is 11.5. The van der Waals surface area contributed by atoms with Crippen molar-refractivity contribution in [1.82, 2.24) is 10.6 Å². The van der Waals surface area contributed by atoms with Crippen molar-refractivity contribution in [2.75, 3.05) is 0 Å². The van der Waals surface area contributed by atoms with Gasteiger partial charge in [-0.05, 0) is 25.7 Å². The number of esters is 4. The highest BCUT2D eigenvalue weighted by molar-refractivity contribution is 5.87. The average molecular weight is 569 g/mol. The summed E-state index contributed by atoms with van der Waals surface area (Å²) < 4.78 is 21.5. The molecule has 2 aliphatic carbocycles. The van der Waals surface area contributed by atoms with Crippen LogP contribution in [-0.2, 0) is 47.7 Å². The van der Waals surface area contributed by atoms with Gasteiger partial charge >= 0.3 is 23.9 Å². The summed E-state index contributed by atoms with van der Waals surface area (Å²) >= 11 is 0. The van der Waals surface area contributed by atoms with E-state index in [0.717, 1.165) is 79.1 Å². The van der Waals surface area contributed by atoms with Crippen LogP contribution >= 0.6 is 0 Å². The molecule has 4 atom stereocenters. The SMILES string of the molecule is CC(=O)O[C@@H]([C@H](OC(C)=O)[C@H](OC(C)=O)C(=O)NC1CCCCCC1)[C@H](OC(C)=O)C(=O)NC1CCCCCC1. The second-order valence-corrected chi connectivity index (χ2v) is 10.6. The lowest BCUT2D eigenvalue weighted by molar-refractivity contribution is -0.200. The van der Waals surface area contributed by atoms with E-state index in [1.807, 2.05) is 0 Å². The lowest BCUT2D eigenvalue weighted by atomic mass is 9.98. The van der Waals surface area contributed by atoms with Crippen LogP contribution in [0.1, 0.15) is 105 Å². The number of carbonyl (C=O) groups is 6. The van der Waals surface area contributed by atoms with Gasteiger partial charge in [0.2, 0.25) is 12.2 Å². The van der Waals surface area contributed by atoms with Gasteiger partial charge in [-0.2, -0.15) is 0 Å². The first-order valence-corrected chi connectivity index (χ1v) is 14.3. The zero-order chi connectivity index (χ0) is 29.7. The van der Waals surface area contributed by atoms with Crippen molar-refractivity contribution in [2.24, 2.45) is 0 Å². The molecule has 0 aliphatic heterocycles. The van der Waals surface area contributed by atoms with Crippen molar-refractivity contribution in [3.63, 3.8) is 0 Å². The fourth-order valence-electron chi connectivity index (χ4n) is 5.30. The van der Waals surface area contributed by atoms with Crippen molar-refractivity contribution in [1.29, 1.82) is 0 Å². The predicted molar refractivity (Wildman–Crippen MR) is 141 cm³/mol. The smallest absolute Gasteiger partial charge is 0.303 e. The largest absolute Gasteiger partial charge is 0.454 e. The van der Waals surface area contributed by atoms with Gasteiger partial charge in [0.1, 0.15) is 0 Å². The fraction of sp³-hybridized carbons (Fsp3) is 0.786. The van der Waals surface area contributed by atoms with Crippen molar-refractivity contribution in [3.8, 4) is 0 Å². The van der Waals surface area contributed by atoms with E-state index in [2.05, 4.69) is 10.6 Å². The van der Waals surface area contributed by atoms with Crippen molar-refractivity contribution < 1.29 is 47.7 Å². The van der Waals surface area contributed by atoms with Crippen LogP contribution in [0.4, 0.5) is 0 Å². The highest BCUT2D eigenvalue weighted by atomic mass is 16.6. The molecule has 0 bridgehead atoms. The third-order valence-electron chi connectivity index (χ3n) is 7.03. The van der Waals surface area contributed by atoms with E-state index in [9.17, 15) is 28.8 Å². The molecule has 0 radical (unpaired) electrons. The average Bonchev–Trinajstić information content (AvgIpc) is 3.28. The molecule has 12 nitrogen and oxygen atoms in total. The Kier molecular flexibility index (Phi) is 13.9. The standard InChI is InChI=1S/C28H44N2O10/c1-17(31)37-23(25(39-19(3)33)27(35)29-21-13-9-5-6-10-14-21)24(38-18(2)32)26(40-20(4)34)28(36)30-22-15-11-7-8-12-16-22/h21-26H,5-16H2,1-4H3,(H,29,35)(H,30,36)/t23-,24-,25-,26-/m0/s1. The Balaban J connectivity index is 2.47. The highest BCUT2D eigenvalue weighted by Gasteiger charge is 2.49. The summed E-state index contributed by atoms with van der Waals surface area (Å²) in [6.07, 6.45) is 3.43. The number of hydrogen-bond acceptors (Lipinski definition) is 10. The summed E-state index contributed by atoms with van der Waals surface area (Å²) in [7, 11) is 0. The molecular weight excluding hydrogens is 524 g/mol. The van der Waals surface area contributed by atoms with Gasteiger partial charge in [-0.1, -0.05) is 51.4 Å². The highest BCUT2D eigenvalue weighted by Crippen LogP contribution is 2.23. The molecule has 0 heterocycles. The number of ether oxygens (including phenoxy) is 4. The van der Waals surface area contributed by atoms with Gasteiger partial charge in [0, 0.05) is 39.8 Å². The number of amides is 2. The zero-order valence-corrected chi connectivity index (χ0v) is 24.0. The van der Waals surface area contributed by atoms with Gasteiger partial charge < -0.3 is 29.6 Å². The first kappa shape index (κ1) is 33.0. The molecule has 2 N–H and O–H groups in total. The molecule has 2 rings (SSSR count).